The molecular formula is C26H31N5O5S. The second-order valence-electron chi connectivity index (χ2n) is 9.85. The van der Waals surface area contributed by atoms with Crippen LogP contribution in [-0.2, 0) is 15.4 Å². The number of methoxy groups -OCH3 is 1. The van der Waals surface area contributed by atoms with Crippen molar-refractivity contribution in [1.29, 1.82) is 0 Å². The van der Waals surface area contributed by atoms with Gasteiger partial charge in [-0.25, -0.2) is 8.42 Å². The lowest BCUT2D eigenvalue weighted by molar-refractivity contribution is 0.102. The van der Waals surface area contributed by atoms with Gasteiger partial charge < -0.3 is 19.9 Å². The van der Waals surface area contributed by atoms with Crippen LogP contribution in [0.1, 0.15) is 47.8 Å². The van der Waals surface area contributed by atoms with Gasteiger partial charge in [-0.15, -0.1) is 5.53 Å². The Bertz CT molecular complexity index is 1460. The van der Waals surface area contributed by atoms with Gasteiger partial charge in [0.05, 0.1) is 48.7 Å². The molecule has 0 bridgehead atoms. The second kappa shape index (κ2) is 9.83. The maximum atomic E-state index is 13.4. The van der Waals surface area contributed by atoms with Gasteiger partial charge in [0, 0.05) is 17.3 Å². The molecule has 4 rings (SSSR count). The van der Waals surface area contributed by atoms with Crippen molar-refractivity contribution in [3.05, 3.63) is 77.4 Å². The highest BCUT2D eigenvalue weighted by Gasteiger charge is 2.23. The smallest absolute Gasteiger partial charge is 0.255 e. The Morgan fingerprint density at radius 2 is 1.84 bits per heavy atom. The number of furan rings is 1. The van der Waals surface area contributed by atoms with Crippen molar-refractivity contribution in [2.45, 2.75) is 33.1 Å². The lowest BCUT2D eigenvalue weighted by atomic mass is 9.86. The summed E-state index contributed by atoms with van der Waals surface area (Å²) in [5.74, 6) is -0.153. The zero-order valence-electron chi connectivity index (χ0n) is 21.6. The van der Waals surface area contributed by atoms with Gasteiger partial charge in [0.2, 0.25) is 10.0 Å². The number of nitrogens with zero attached hydrogens (tertiary/aromatic N) is 1. The summed E-state index contributed by atoms with van der Waals surface area (Å²) < 4.78 is 37.2. The minimum atomic E-state index is -3.58. The SMILES string of the molecule is COc1c(NC(=O)c2ccc(C)c(N3C=C(c4ccoc4)NN3)c2)cc(C(C)(C)C)cc1NS(C)(=O)=O. The van der Waals surface area contributed by atoms with E-state index in [-0.39, 0.29) is 22.8 Å². The van der Waals surface area contributed by atoms with Crippen LogP contribution in [0, 0.1) is 6.92 Å². The number of benzene rings is 2. The van der Waals surface area contributed by atoms with Crippen molar-refractivity contribution in [2.75, 3.05) is 28.4 Å². The number of carbonyl (C=O) groups excluding carboxylic acids is 1. The molecule has 1 aliphatic heterocycles. The fraction of sp³-hybridized carbons (Fsp3) is 0.269. The molecule has 196 valence electrons. The van der Waals surface area contributed by atoms with E-state index in [4.69, 9.17) is 9.15 Å². The van der Waals surface area contributed by atoms with E-state index in [1.54, 1.807) is 41.8 Å². The molecule has 0 radical (unpaired) electrons. The number of hydrazine groups is 2. The van der Waals surface area contributed by atoms with Crippen LogP contribution in [0.4, 0.5) is 17.1 Å². The molecule has 0 spiro atoms. The zero-order chi connectivity index (χ0) is 27.0. The van der Waals surface area contributed by atoms with Crippen molar-refractivity contribution < 1.29 is 22.4 Å². The van der Waals surface area contributed by atoms with Gasteiger partial charge in [-0.05, 0) is 53.8 Å². The fourth-order valence-corrected chi connectivity index (χ4v) is 4.41. The molecule has 0 unspecified atom stereocenters. The van der Waals surface area contributed by atoms with Gasteiger partial charge in [-0.3, -0.25) is 14.5 Å². The molecule has 2 heterocycles. The number of sulfonamides is 1. The summed E-state index contributed by atoms with van der Waals surface area (Å²) in [6, 6.07) is 10.7. The molecule has 0 atom stereocenters. The van der Waals surface area contributed by atoms with Crippen LogP contribution in [0.2, 0.25) is 0 Å². The van der Waals surface area contributed by atoms with Crippen LogP contribution in [0.15, 0.2) is 59.5 Å². The van der Waals surface area contributed by atoms with Crippen molar-refractivity contribution in [1.82, 2.24) is 11.0 Å². The number of amides is 1. The lowest BCUT2D eigenvalue weighted by Gasteiger charge is -2.24. The Kier molecular flexibility index (Phi) is 6.94. The minimum absolute atomic E-state index is 0.220. The third-order valence-corrected chi connectivity index (χ3v) is 6.43. The lowest BCUT2D eigenvalue weighted by Crippen LogP contribution is -2.36. The molecule has 1 aromatic heterocycles. The molecule has 0 saturated carbocycles. The monoisotopic (exact) mass is 525 g/mol. The second-order valence-corrected chi connectivity index (χ2v) is 11.6. The third-order valence-electron chi connectivity index (χ3n) is 5.83. The summed E-state index contributed by atoms with van der Waals surface area (Å²) >= 11 is 0. The standard InChI is InChI=1S/C26H31N5O5S/c1-16-7-8-17(11-23(16)31-14-22(28-30-31)18-9-10-36-15-18)25(32)27-20-12-19(26(2,3)4)13-21(24(20)35-5)29-37(6,33)34/h7-15,28-30H,1-6H3,(H,27,32). The van der Waals surface area contributed by atoms with Crippen LogP contribution >= 0.6 is 0 Å². The van der Waals surface area contributed by atoms with E-state index >= 15 is 0 Å². The van der Waals surface area contributed by atoms with Gasteiger partial charge in [-0.1, -0.05) is 26.8 Å². The van der Waals surface area contributed by atoms with Crippen LogP contribution in [0.5, 0.6) is 5.75 Å². The summed E-state index contributed by atoms with van der Waals surface area (Å²) in [6.07, 6.45) is 6.16. The molecule has 0 fully saturated rings. The first kappa shape index (κ1) is 26.1. The first-order chi connectivity index (χ1) is 17.4. The Morgan fingerprint density at radius 1 is 1.11 bits per heavy atom. The number of hydrogen-bond acceptors (Lipinski definition) is 8. The average molecular weight is 526 g/mol. The van der Waals surface area contributed by atoms with E-state index in [9.17, 15) is 13.2 Å². The highest BCUT2D eigenvalue weighted by atomic mass is 32.2. The number of ether oxygens (including phenoxy) is 1. The zero-order valence-corrected chi connectivity index (χ0v) is 22.4. The first-order valence-corrected chi connectivity index (χ1v) is 13.4. The number of carbonyl (C=O) groups is 1. The van der Waals surface area contributed by atoms with Gasteiger partial charge in [-0.2, -0.15) is 0 Å². The largest absolute Gasteiger partial charge is 0.492 e. The summed E-state index contributed by atoms with van der Waals surface area (Å²) in [7, 11) is -2.16. The highest BCUT2D eigenvalue weighted by molar-refractivity contribution is 7.92. The third kappa shape index (κ3) is 5.89. The van der Waals surface area contributed by atoms with Gasteiger partial charge in [0.25, 0.3) is 5.91 Å². The predicted molar refractivity (Wildman–Crippen MR) is 145 cm³/mol. The maximum absolute atomic E-state index is 13.4. The normalized spacial score (nSPS) is 13.7. The number of hydrogen-bond donors (Lipinski definition) is 4. The quantitative estimate of drug-likeness (QED) is 0.359. The minimum Gasteiger partial charge on any atom is -0.492 e. The number of aryl methyl sites for hydroxylation is 1. The first-order valence-electron chi connectivity index (χ1n) is 11.5. The Hall–Kier alpha value is -3.96. The molecule has 1 amide bonds. The van der Waals surface area contributed by atoms with Crippen LogP contribution in [-0.4, -0.2) is 27.7 Å². The maximum Gasteiger partial charge on any atom is 0.255 e. The topological polar surface area (TPSA) is 125 Å². The summed E-state index contributed by atoms with van der Waals surface area (Å²) in [6.45, 7) is 7.94. The number of rotatable bonds is 7. The molecule has 3 aromatic rings. The Balaban J connectivity index is 1.67. The van der Waals surface area contributed by atoms with E-state index in [0.29, 0.717) is 11.3 Å². The Labute approximate surface area is 216 Å². The van der Waals surface area contributed by atoms with E-state index in [2.05, 4.69) is 21.0 Å². The fourth-order valence-electron chi connectivity index (χ4n) is 3.86. The van der Waals surface area contributed by atoms with E-state index in [0.717, 1.165) is 34.3 Å². The van der Waals surface area contributed by atoms with Gasteiger partial charge >= 0.3 is 0 Å². The molecule has 11 heteroatoms. The molecule has 37 heavy (non-hydrogen) atoms. The van der Waals surface area contributed by atoms with Crippen molar-refractivity contribution in [2.24, 2.45) is 0 Å². The summed E-state index contributed by atoms with van der Waals surface area (Å²) in [5.41, 5.74) is 11.1. The van der Waals surface area contributed by atoms with E-state index in [1.165, 1.54) is 7.11 Å². The molecular weight excluding hydrogens is 494 g/mol. The Morgan fingerprint density at radius 3 is 2.46 bits per heavy atom. The predicted octanol–water partition coefficient (Wildman–Crippen LogP) is 4.35. The van der Waals surface area contributed by atoms with Crippen LogP contribution in [0.3, 0.4) is 0 Å². The van der Waals surface area contributed by atoms with Crippen LogP contribution in [0.25, 0.3) is 5.70 Å². The summed E-state index contributed by atoms with van der Waals surface area (Å²) in [4.78, 5) is 13.4. The van der Waals surface area contributed by atoms with E-state index < -0.39 is 10.0 Å². The van der Waals surface area contributed by atoms with Crippen LogP contribution < -0.4 is 30.7 Å². The van der Waals surface area contributed by atoms with Gasteiger partial charge in [0.15, 0.2) is 5.75 Å². The summed E-state index contributed by atoms with van der Waals surface area (Å²) in [5, 5.41) is 4.68. The molecule has 4 N–H and O–H groups in total. The molecule has 1 aliphatic rings. The molecule has 10 nitrogen and oxygen atoms in total. The molecule has 2 aromatic carbocycles. The van der Waals surface area contributed by atoms with Crippen molar-refractivity contribution in [3.8, 4) is 5.75 Å². The number of anilines is 3. The molecule has 0 saturated heterocycles. The van der Waals surface area contributed by atoms with Crippen molar-refractivity contribution >= 4 is 38.7 Å². The molecule has 0 aliphatic carbocycles. The van der Waals surface area contributed by atoms with Gasteiger partial charge in [0.1, 0.15) is 0 Å². The average Bonchev–Trinajstić information content (AvgIpc) is 3.50. The highest BCUT2D eigenvalue weighted by Crippen LogP contribution is 2.39. The number of nitrogens with one attached hydrogen (secondary N) is 4. The van der Waals surface area contributed by atoms with Crippen molar-refractivity contribution in [3.63, 3.8) is 0 Å². The van der Waals surface area contributed by atoms with E-state index in [1.807, 2.05) is 46.0 Å².